The van der Waals surface area contributed by atoms with Gasteiger partial charge in [-0.3, -0.25) is 0 Å². The summed E-state index contributed by atoms with van der Waals surface area (Å²) in [6.45, 7) is 0.542. The number of phenolic OH excluding ortho intramolecular Hbond substituents is 1. The lowest BCUT2D eigenvalue weighted by atomic mass is 9.94. The van der Waals surface area contributed by atoms with Crippen LogP contribution >= 0.6 is 0 Å². The number of methoxy groups -OCH3 is 1. The van der Waals surface area contributed by atoms with E-state index in [0.717, 1.165) is 16.7 Å². The van der Waals surface area contributed by atoms with Crippen LogP contribution in [0, 0.1) is 0 Å². The maximum atomic E-state index is 9.66. The van der Waals surface area contributed by atoms with E-state index in [-0.39, 0.29) is 5.75 Å². The van der Waals surface area contributed by atoms with Crippen LogP contribution in [0.1, 0.15) is 5.56 Å². The van der Waals surface area contributed by atoms with Crippen molar-refractivity contribution in [3.8, 4) is 16.9 Å². The molecule has 0 fully saturated rings. The van der Waals surface area contributed by atoms with Crippen LogP contribution in [0.2, 0.25) is 0 Å². The molecule has 20 heavy (non-hydrogen) atoms. The van der Waals surface area contributed by atoms with Crippen molar-refractivity contribution in [1.82, 2.24) is 0 Å². The van der Waals surface area contributed by atoms with E-state index in [1.165, 1.54) is 0 Å². The number of rotatable bonds is 4. The molecule has 5 nitrogen and oxygen atoms in total. The minimum absolute atomic E-state index is 0.146. The molecule has 0 heterocycles. The van der Waals surface area contributed by atoms with Crippen molar-refractivity contribution >= 4 is 17.1 Å². The predicted molar refractivity (Wildman–Crippen MR) is 82.4 cm³/mol. The van der Waals surface area contributed by atoms with Crippen LogP contribution in [0.15, 0.2) is 30.3 Å². The van der Waals surface area contributed by atoms with E-state index in [4.69, 9.17) is 21.9 Å². The summed E-state index contributed by atoms with van der Waals surface area (Å²) in [4.78, 5) is 0. The molecule has 0 aromatic heterocycles. The molecule has 2 aromatic rings. The molecule has 106 valence electrons. The Bertz CT molecular complexity index is 627. The summed E-state index contributed by atoms with van der Waals surface area (Å²) in [5, 5.41) is 9.66. The molecule has 2 rings (SSSR count). The fourth-order valence-electron chi connectivity index (χ4n) is 2.22. The molecule has 0 unspecified atom stereocenters. The first-order valence-electron chi connectivity index (χ1n) is 6.28. The average Bonchev–Trinajstić information content (AvgIpc) is 2.40. The Morgan fingerprint density at radius 3 is 2.45 bits per heavy atom. The van der Waals surface area contributed by atoms with Crippen LogP contribution in [0.25, 0.3) is 11.1 Å². The van der Waals surface area contributed by atoms with E-state index >= 15 is 0 Å². The molecule has 0 radical (unpaired) electrons. The lowest BCUT2D eigenvalue weighted by Gasteiger charge is -2.15. The number of nitrogen functional groups attached to an aromatic ring is 3. The van der Waals surface area contributed by atoms with Gasteiger partial charge in [-0.25, -0.2) is 0 Å². The van der Waals surface area contributed by atoms with Crippen molar-refractivity contribution in [2.75, 3.05) is 30.9 Å². The predicted octanol–water partition coefficient (Wildman–Crippen LogP) is 1.99. The third-order valence-corrected chi connectivity index (χ3v) is 3.19. The topological polar surface area (TPSA) is 108 Å². The smallest absolute Gasteiger partial charge is 0.116 e. The molecule has 0 spiro atoms. The maximum absolute atomic E-state index is 9.66. The van der Waals surface area contributed by atoms with Gasteiger partial charge in [0.05, 0.1) is 6.61 Å². The normalized spacial score (nSPS) is 10.7. The van der Waals surface area contributed by atoms with Crippen molar-refractivity contribution in [2.24, 2.45) is 0 Å². The molecular formula is C15H19N3O2. The molecule has 7 N–H and O–H groups in total. The van der Waals surface area contributed by atoms with Crippen LogP contribution in [0.3, 0.4) is 0 Å². The molecule has 0 aliphatic rings. The van der Waals surface area contributed by atoms with Crippen molar-refractivity contribution in [3.63, 3.8) is 0 Å². The molecule has 0 aliphatic carbocycles. The van der Waals surface area contributed by atoms with Crippen molar-refractivity contribution in [1.29, 1.82) is 0 Å². The van der Waals surface area contributed by atoms with Crippen LogP contribution < -0.4 is 17.2 Å². The van der Waals surface area contributed by atoms with Gasteiger partial charge in [0, 0.05) is 29.7 Å². The first-order chi connectivity index (χ1) is 9.52. The molecule has 0 amide bonds. The first kappa shape index (κ1) is 14.0. The summed E-state index contributed by atoms with van der Waals surface area (Å²) in [6.07, 6.45) is 0.646. The number of benzene rings is 2. The second-order valence-electron chi connectivity index (χ2n) is 4.65. The Morgan fingerprint density at radius 1 is 1.00 bits per heavy atom. The van der Waals surface area contributed by atoms with E-state index in [9.17, 15) is 5.11 Å². The minimum atomic E-state index is 0.146. The highest BCUT2D eigenvalue weighted by Gasteiger charge is 2.13. The summed E-state index contributed by atoms with van der Waals surface area (Å²) in [5.41, 5.74) is 22.1. The highest BCUT2D eigenvalue weighted by molar-refractivity contribution is 5.84. The van der Waals surface area contributed by atoms with Crippen LogP contribution in [-0.4, -0.2) is 18.8 Å². The third kappa shape index (κ3) is 2.78. The second kappa shape index (κ2) is 5.71. The molecule has 2 aromatic carbocycles. The highest BCUT2D eigenvalue weighted by Crippen LogP contribution is 2.36. The zero-order chi connectivity index (χ0) is 14.7. The molecule has 0 saturated carbocycles. The fourth-order valence-corrected chi connectivity index (χ4v) is 2.22. The third-order valence-electron chi connectivity index (χ3n) is 3.19. The number of hydrogen-bond acceptors (Lipinski definition) is 5. The standard InChI is InChI=1S/C15H19N3O2/c1-20-5-4-11-12(6-9(16)7-15(11)18)13-8-10(19)2-3-14(13)17/h2-3,6-8,19H,4-5,16-18H2,1H3. The quantitative estimate of drug-likeness (QED) is 0.503. The van der Waals surface area contributed by atoms with Crippen LogP contribution in [0.4, 0.5) is 17.1 Å². The van der Waals surface area contributed by atoms with E-state index in [1.807, 2.05) is 6.07 Å². The second-order valence-corrected chi connectivity index (χ2v) is 4.65. The minimum Gasteiger partial charge on any atom is -0.508 e. The summed E-state index contributed by atoms with van der Waals surface area (Å²) in [6, 6.07) is 8.34. The number of aromatic hydroxyl groups is 1. The summed E-state index contributed by atoms with van der Waals surface area (Å²) >= 11 is 0. The Balaban J connectivity index is 2.62. The average molecular weight is 273 g/mol. The SMILES string of the molecule is COCCc1c(N)cc(N)cc1-c1cc(O)ccc1N. The Morgan fingerprint density at radius 2 is 1.75 bits per heavy atom. The largest absolute Gasteiger partial charge is 0.508 e. The van der Waals surface area contributed by atoms with E-state index < -0.39 is 0 Å². The number of ether oxygens (including phenoxy) is 1. The van der Waals surface area contributed by atoms with Gasteiger partial charge < -0.3 is 27.0 Å². The van der Waals surface area contributed by atoms with E-state index in [1.54, 1.807) is 31.4 Å². The van der Waals surface area contributed by atoms with Gasteiger partial charge in [0.25, 0.3) is 0 Å². The van der Waals surface area contributed by atoms with Crippen molar-refractivity contribution in [2.45, 2.75) is 6.42 Å². The number of nitrogens with two attached hydrogens (primary N) is 3. The van der Waals surface area contributed by atoms with Gasteiger partial charge in [0.1, 0.15) is 5.75 Å². The van der Waals surface area contributed by atoms with Gasteiger partial charge in [-0.1, -0.05) is 0 Å². The van der Waals surface area contributed by atoms with Gasteiger partial charge in [-0.05, 0) is 47.9 Å². The Labute approximate surface area is 118 Å². The highest BCUT2D eigenvalue weighted by atomic mass is 16.5. The lowest BCUT2D eigenvalue weighted by molar-refractivity contribution is 0.202. The summed E-state index contributed by atoms with van der Waals surface area (Å²) in [5.74, 6) is 0.146. The van der Waals surface area contributed by atoms with Crippen molar-refractivity contribution < 1.29 is 9.84 Å². The van der Waals surface area contributed by atoms with Gasteiger partial charge >= 0.3 is 0 Å². The van der Waals surface area contributed by atoms with Gasteiger partial charge in [-0.15, -0.1) is 0 Å². The first-order valence-corrected chi connectivity index (χ1v) is 6.28. The summed E-state index contributed by atoms with van der Waals surface area (Å²) in [7, 11) is 1.63. The van der Waals surface area contributed by atoms with Gasteiger partial charge in [0.2, 0.25) is 0 Å². The van der Waals surface area contributed by atoms with Gasteiger partial charge in [0.15, 0.2) is 0 Å². The zero-order valence-electron chi connectivity index (χ0n) is 11.4. The molecule has 0 aliphatic heterocycles. The Hall–Kier alpha value is -2.40. The maximum Gasteiger partial charge on any atom is 0.116 e. The van der Waals surface area contributed by atoms with Gasteiger partial charge in [-0.2, -0.15) is 0 Å². The zero-order valence-corrected chi connectivity index (χ0v) is 11.4. The van der Waals surface area contributed by atoms with Crippen LogP contribution in [0.5, 0.6) is 5.75 Å². The van der Waals surface area contributed by atoms with Crippen molar-refractivity contribution in [3.05, 3.63) is 35.9 Å². The molecule has 0 saturated heterocycles. The fraction of sp³-hybridized carbons (Fsp3) is 0.200. The monoisotopic (exact) mass is 273 g/mol. The van der Waals surface area contributed by atoms with E-state index in [2.05, 4.69) is 0 Å². The molecule has 0 bridgehead atoms. The number of anilines is 3. The molecule has 0 atom stereocenters. The number of phenols is 1. The molecule has 5 heteroatoms. The summed E-state index contributed by atoms with van der Waals surface area (Å²) < 4.78 is 5.11. The lowest BCUT2D eigenvalue weighted by Crippen LogP contribution is -2.04. The van der Waals surface area contributed by atoms with E-state index in [0.29, 0.717) is 30.1 Å². The molecular weight excluding hydrogens is 254 g/mol. The van der Waals surface area contributed by atoms with Crippen LogP contribution in [-0.2, 0) is 11.2 Å². The number of hydrogen-bond donors (Lipinski definition) is 4. The Kier molecular flexibility index (Phi) is 4.00.